The summed E-state index contributed by atoms with van der Waals surface area (Å²) >= 11 is 0. The van der Waals surface area contributed by atoms with E-state index in [4.69, 9.17) is 15.0 Å². The van der Waals surface area contributed by atoms with Gasteiger partial charge in [0.2, 0.25) is 0 Å². The van der Waals surface area contributed by atoms with Crippen molar-refractivity contribution in [1.29, 1.82) is 5.26 Å². The molecule has 2 aromatic carbocycles. The van der Waals surface area contributed by atoms with E-state index >= 15 is 4.39 Å². The fourth-order valence-corrected chi connectivity index (χ4v) is 3.86. The van der Waals surface area contributed by atoms with Crippen molar-refractivity contribution in [1.82, 2.24) is 29.7 Å². The number of hydrogen-bond acceptors (Lipinski definition) is 7. The molecule has 5 aromatic rings. The van der Waals surface area contributed by atoms with Crippen molar-refractivity contribution in [2.24, 2.45) is 0 Å². The fourth-order valence-electron chi connectivity index (χ4n) is 3.86. The first-order valence-corrected chi connectivity index (χ1v) is 11.3. The summed E-state index contributed by atoms with van der Waals surface area (Å²) in [4.78, 5) is 18.6. The molecular formula is C27H22FN7O. The minimum atomic E-state index is -0.558. The summed E-state index contributed by atoms with van der Waals surface area (Å²) in [6.07, 6.45) is 3.75. The Bertz CT molecular complexity index is 1640. The third kappa shape index (κ3) is 4.42. The lowest BCUT2D eigenvalue weighted by atomic mass is 10.0. The van der Waals surface area contributed by atoms with Crippen LogP contribution in [-0.4, -0.2) is 43.4 Å². The molecule has 0 atom stereocenters. The second kappa shape index (κ2) is 9.60. The molecule has 0 amide bonds. The molecule has 0 saturated heterocycles. The molecule has 0 bridgehead atoms. The molecule has 3 heterocycles. The van der Waals surface area contributed by atoms with Gasteiger partial charge in [0.15, 0.2) is 11.5 Å². The largest absolute Gasteiger partial charge is 0.383 e. The van der Waals surface area contributed by atoms with E-state index < -0.39 is 5.82 Å². The summed E-state index contributed by atoms with van der Waals surface area (Å²) in [5, 5.41) is 13.5. The first-order chi connectivity index (χ1) is 17.5. The van der Waals surface area contributed by atoms with Gasteiger partial charge in [0.1, 0.15) is 17.0 Å². The number of nitrogens with zero attached hydrogens (tertiary/aromatic N) is 7. The van der Waals surface area contributed by atoms with Crippen molar-refractivity contribution in [3.05, 3.63) is 77.6 Å². The van der Waals surface area contributed by atoms with Crippen molar-refractivity contribution in [3.63, 3.8) is 0 Å². The van der Waals surface area contributed by atoms with Crippen LogP contribution in [0.2, 0.25) is 0 Å². The molecule has 9 heteroatoms. The number of aromatic nitrogens is 6. The zero-order valence-corrected chi connectivity index (χ0v) is 20.0. The highest BCUT2D eigenvalue weighted by Crippen LogP contribution is 2.31. The standard InChI is InChI=1S/C27H22FN7O/c1-16-17(2)32-27-25(31-16)24(22-8-7-18(13-29)11-23(22)28)33-26(34-27)20-6-4-5-19(12-20)21-14-30-35(15-21)9-10-36-3/h4-8,11-12,14-15H,9-10H2,1-3H3. The van der Waals surface area contributed by atoms with Crippen molar-refractivity contribution < 1.29 is 9.13 Å². The quantitative estimate of drug-likeness (QED) is 0.342. The molecule has 0 aliphatic rings. The Morgan fingerprint density at radius 1 is 0.972 bits per heavy atom. The summed E-state index contributed by atoms with van der Waals surface area (Å²) in [5.74, 6) is -0.162. The van der Waals surface area contributed by atoms with Gasteiger partial charge < -0.3 is 4.74 Å². The van der Waals surface area contributed by atoms with E-state index in [0.29, 0.717) is 41.5 Å². The molecule has 0 radical (unpaired) electrons. The van der Waals surface area contributed by atoms with Crippen LogP contribution in [0.25, 0.3) is 44.9 Å². The predicted molar refractivity (Wildman–Crippen MR) is 133 cm³/mol. The van der Waals surface area contributed by atoms with Gasteiger partial charge in [0.25, 0.3) is 0 Å². The van der Waals surface area contributed by atoms with Gasteiger partial charge in [0.05, 0.1) is 42.4 Å². The van der Waals surface area contributed by atoms with Crippen LogP contribution >= 0.6 is 0 Å². The van der Waals surface area contributed by atoms with Crippen molar-refractivity contribution >= 4 is 11.2 Å². The minimum Gasteiger partial charge on any atom is -0.383 e. The number of methoxy groups -OCH3 is 1. The first kappa shape index (κ1) is 23.2. The summed E-state index contributed by atoms with van der Waals surface area (Å²) in [6, 6.07) is 14.0. The number of halogens is 1. The maximum Gasteiger partial charge on any atom is 0.182 e. The number of aryl methyl sites for hydroxylation is 2. The number of fused-ring (bicyclic) bond motifs is 1. The van der Waals surface area contributed by atoms with Crippen LogP contribution in [0.15, 0.2) is 54.9 Å². The second-order valence-electron chi connectivity index (χ2n) is 8.33. The van der Waals surface area contributed by atoms with Gasteiger partial charge in [-0.25, -0.2) is 24.3 Å². The van der Waals surface area contributed by atoms with Crippen LogP contribution in [0.5, 0.6) is 0 Å². The first-order valence-electron chi connectivity index (χ1n) is 11.3. The molecule has 0 spiro atoms. The highest BCUT2D eigenvalue weighted by atomic mass is 19.1. The van der Waals surface area contributed by atoms with Crippen LogP contribution < -0.4 is 0 Å². The Morgan fingerprint density at radius 2 is 1.78 bits per heavy atom. The van der Waals surface area contributed by atoms with Crippen LogP contribution in [-0.2, 0) is 11.3 Å². The molecule has 0 N–H and O–H groups in total. The Labute approximate surface area is 207 Å². The van der Waals surface area contributed by atoms with E-state index in [1.165, 1.54) is 6.07 Å². The van der Waals surface area contributed by atoms with Gasteiger partial charge in [-0.05, 0) is 43.7 Å². The normalized spacial score (nSPS) is 11.1. The maximum absolute atomic E-state index is 15.1. The highest BCUT2D eigenvalue weighted by molar-refractivity contribution is 5.89. The lowest BCUT2D eigenvalue weighted by molar-refractivity contribution is 0.183. The number of hydrogen-bond donors (Lipinski definition) is 0. The van der Waals surface area contributed by atoms with Gasteiger partial charge in [0, 0.05) is 30.0 Å². The average Bonchev–Trinajstić information content (AvgIpc) is 3.37. The van der Waals surface area contributed by atoms with Gasteiger partial charge >= 0.3 is 0 Å². The van der Waals surface area contributed by atoms with Crippen LogP contribution in [0.3, 0.4) is 0 Å². The molecule has 36 heavy (non-hydrogen) atoms. The molecule has 0 saturated carbocycles. The van der Waals surface area contributed by atoms with Gasteiger partial charge in [-0.3, -0.25) is 4.68 Å². The summed E-state index contributed by atoms with van der Waals surface area (Å²) in [7, 11) is 1.66. The van der Waals surface area contributed by atoms with E-state index in [9.17, 15) is 0 Å². The summed E-state index contributed by atoms with van der Waals surface area (Å²) < 4.78 is 22.0. The van der Waals surface area contributed by atoms with Gasteiger partial charge in [-0.2, -0.15) is 10.4 Å². The highest BCUT2D eigenvalue weighted by Gasteiger charge is 2.18. The lowest BCUT2D eigenvalue weighted by Gasteiger charge is -2.11. The molecule has 0 unspecified atom stereocenters. The molecule has 5 rings (SSSR count). The number of rotatable bonds is 6. The number of nitriles is 1. The van der Waals surface area contributed by atoms with E-state index in [0.717, 1.165) is 22.4 Å². The molecule has 0 aliphatic heterocycles. The topological polar surface area (TPSA) is 102 Å². The second-order valence-corrected chi connectivity index (χ2v) is 8.33. The Kier molecular flexibility index (Phi) is 6.19. The lowest BCUT2D eigenvalue weighted by Crippen LogP contribution is -2.03. The van der Waals surface area contributed by atoms with Gasteiger partial charge in [-0.1, -0.05) is 18.2 Å². The number of benzene rings is 2. The van der Waals surface area contributed by atoms with Crippen LogP contribution in [0.1, 0.15) is 17.0 Å². The Hall–Kier alpha value is -4.55. The zero-order valence-electron chi connectivity index (χ0n) is 20.0. The Balaban J connectivity index is 1.65. The monoisotopic (exact) mass is 479 g/mol. The third-order valence-corrected chi connectivity index (χ3v) is 5.91. The fraction of sp³-hybridized carbons (Fsp3) is 0.185. The van der Waals surface area contributed by atoms with Crippen molar-refractivity contribution in [3.8, 4) is 39.8 Å². The molecule has 178 valence electrons. The van der Waals surface area contributed by atoms with E-state index in [1.807, 2.05) is 55.1 Å². The van der Waals surface area contributed by atoms with E-state index in [1.54, 1.807) is 25.4 Å². The Morgan fingerprint density at radius 3 is 2.56 bits per heavy atom. The maximum atomic E-state index is 15.1. The van der Waals surface area contributed by atoms with E-state index in [-0.39, 0.29) is 11.1 Å². The zero-order chi connectivity index (χ0) is 25.2. The third-order valence-electron chi connectivity index (χ3n) is 5.91. The number of ether oxygens (including phenoxy) is 1. The molecule has 0 aliphatic carbocycles. The summed E-state index contributed by atoms with van der Waals surface area (Å²) in [5.41, 5.74) is 5.63. The molecule has 8 nitrogen and oxygen atoms in total. The molecular weight excluding hydrogens is 457 g/mol. The smallest absolute Gasteiger partial charge is 0.182 e. The molecule has 3 aromatic heterocycles. The van der Waals surface area contributed by atoms with E-state index in [2.05, 4.69) is 20.1 Å². The average molecular weight is 480 g/mol. The van der Waals surface area contributed by atoms with Crippen molar-refractivity contribution in [2.45, 2.75) is 20.4 Å². The SMILES string of the molecule is COCCn1cc(-c2cccc(-c3nc(-c4ccc(C#N)cc4F)c4nc(C)c(C)nc4n3)c2)cn1. The van der Waals surface area contributed by atoms with Gasteiger partial charge in [-0.15, -0.1) is 0 Å². The van der Waals surface area contributed by atoms with Crippen LogP contribution in [0.4, 0.5) is 4.39 Å². The minimum absolute atomic E-state index is 0.228. The van der Waals surface area contributed by atoms with Crippen molar-refractivity contribution in [2.75, 3.05) is 13.7 Å². The van der Waals surface area contributed by atoms with Crippen LogP contribution in [0, 0.1) is 31.0 Å². The molecule has 0 fully saturated rings. The predicted octanol–water partition coefficient (Wildman–Crippen LogP) is 4.89. The summed E-state index contributed by atoms with van der Waals surface area (Å²) in [6.45, 7) is 4.92.